The Morgan fingerprint density at radius 3 is 1.89 bits per heavy atom. The van der Waals surface area contributed by atoms with Crippen LogP contribution in [0.2, 0.25) is 0 Å². The van der Waals surface area contributed by atoms with E-state index in [9.17, 15) is 64.0 Å². The van der Waals surface area contributed by atoms with Gasteiger partial charge >= 0.3 is 23.9 Å². The van der Waals surface area contributed by atoms with Crippen LogP contribution in [0, 0.1) is 17.2 Å². The van der Waals surface area contributed by atoms with E-state index in [1.54, 1.807) is 53.7 Å². The van der Waals surface area contributed by atoms with Crippen LogP contribution >= 0.6 is 0 Å². The highest BCUT2D eigenvalue weighted by atomic mass is 16.4. The Morgan fingerprint density at radius 2 is 1.30 bits per heavy atom. The molecule has 23 heteroatoms. The fourth-order valence-electron chi connectivity index (χ4n) is 9.77. The van der Waals surface area contributed by atoms with Crippen LogP contribution in [0.1, 0.15) is 61.7 Å². The summed E-state index contributed by atoms with van der Waals surface area (Å²) in [6, 6.07) is 7.44. The molecule has 70 heavy (non-hydrogen) atoms. The number of amides is 4. The number of pyridine rings is 1. The maximum absolute atomic E-state index is 13.4. The second-order valence-corrected chi connectivity index (χ2v) is 18.5. The van der Waals surface area contributed by atoms with Gasteiger partial charge in [0.2, 0.25) is 17.7 Å². The molecule has 380 valence electrons. The number of carboxylic acids is 4. The lowest BCUT2D eigenvalue weighted by Gasteiger charge is -2.36. The summed E-state index contributed by atoms with van der Waals surface area (Å²) < 4.78 is 0. The first-order valence-electron chi connectivity index (χ1n) is 24.1. The van der Waals surface area contributed by atoms with E-state index in [0.717, 1.165) is 25.8 Å². The molecule has 4 aliphatic rings. The number of carbonyl (C=O) groups is 8. The van der Waals surface area contributed by atoms with Crippen molar-refractivity contribution in [1.82, 2.24) is 44.6 Å². The van der Waals surface area contributed by atoms with Crippen LogP contribution in [-0.4, -0.2) is 237 Å². The molecule has 1 saturated carbocycles. The number of benzene rings is 1. The summed E-state index contributed by atoms with van der Waals surface area (Å²) in [5, 5.41) is 54.4. The Kier molecular flexibility index (Phi) is 19.3. The van der Waals surface area contributed by atoms with Crippen LogP contribution in [0.15, 0.2) is 30.5 Å². The number of anilines is 1. The molecule has 1 aromatic carbocycles. The number of aliphatic carboxylic acids is 4. The predicted octanol–water partition coefficient (Wildman–Crippen LogP) is -0.171. The lowest BCUT2D eigenvalue weighted by Crippen LogP contribution is -2.52. The van der Waals surface area contributed by atoms with E-state index in [2.05, 4.69) is 26.6 Å². The third-order valence-electron chi connectivity index (χ3n) is 13.6. The summed E-state index contributed by atoms with van der Waals surface area (Å²) >= 11 is 0. The molecule has 0 bridgehead atoms. The van der Waals surface area contributed by atoms with Crippen molar-refractivity contribution in [2.45, 2.75) is 69.5 Å². The Balaban J connectivity index is 0.913. The molecule has 0 spiro atoms. The average Bonchev–Trinajstić information content (AvgIpc) is 3.98. The maximum atomic E-state index is 13.4. The molecule has 4 heterocycles. The van der Waals surface area contributed by atoms with Gasteiger partial charge < -0.3 is 40.9 Å². The van der Waals surface area contributed by atoms with Gasteiger partial charge in [-0.05, 0) is 56.7 Å². The van der Waals surface area contributed by atoms with E-state index < -0.39 is 41.9 Å². The summed E-state index contributed by atoms with van der Waals surface area (Å²) in [5.41, 5.74) is 1.21. The second-order valence-electron chi connectivity index (χ2n) is 18.5. The molecule has 4 fully saturated rings. The molecule has 23 nitrogen and oxygen atoms in total. The number of hydrogen-bond acceptors (Lipinski definition) is 15. The summed E-state index contributed by atoms with van der Waals surface area (Å²) in [5.74, 6) is -5.15. The quantitative estimate of drug-likeness (QED) is 0.0885. The van der Waals surface area contributed by atoms with Crippen LogP contribution < -0.4 is 10.6 Å². The molecule has 1 aromatic heterocycles. The second kappa shape index (κ2) is 25.5. The molecule has 4 atom stereocenters. The van der Waals surface area contributed by atoms with E-state index in [4.69, 9.17) is 0 Å². The molecule has 0 radical (unpaired) electrons. The van der Waals surface area contributed by atoms with Gasteiger partial charge in [-0.1, -0.05) is 18.6 Å². The largest absolute Gasteiger partial charge is 0.480 e. The first-order chi connectivity index (χ1) is 33.6. The van der Waals surface area contributed by atoms with Crippen molar-refractivity contribution in [3.8, 4) is 6.07 Å². The first-order valence-corrected chi connectivity index (χ1v) is 24.1. The van der Waals surface area contributed by atoms with Crippen LogP contribution in [0.25, 0.3) is 10.9 Å². The van der Waals surface area contributed by atoms with Crippen LogP contribution in [-0.2, 0) is 33.6 Å². The number of unbranched alkanes of at least 4 members (excludes halogenated alkanes) is 2. The topological polar surface area (TPSA) is 301 Å². The van der Waals surface area contributed by atoms with Crippen molar-refractivity contribution >= 4 is 64.1 Å². The summed E-state index contributed by atoms with van der Waals surface area (Å²) in [4.78, 5) is 117. The van der Waals surface area contributed by atoms with Gasteiger partial charge in [0.05, 0.1) is 49.0 Å². The summed E-state index contributed by atoms with van der Waals surface area (Å²) in [7, 11) is 0. The van der Waals surface area contributed by atoms with Gasteiger partial charge in [0.15, 0.2) is 0 Å². The van der Waals surface area contributed by atoms with Gasteiger partial charge in [0.25, 0.3) is 5.91 Å². The Morgan fingerprint density at radius 1 is 0.700 bits per heavy atom. The van der Waals surface area contributed by atoms with Gasteiger partial charge in [-0.15, -0.1) is 0 Å². The minimum atomic E-state index is -1.15. The molecule has 3 aliphatic heterocycles. The number of likely N-dealkylation sites (tertiary alicyclic amines) is 1. The monoisotopic (exact) mass is 975 g/mol. The number of fused-ring (bicyclic) bond motifs is 2. The highest BCUT2D eigenvalue weighted by molar-refractivity contribution is 6.10. The Labute approximate surface area is 405 Å². The number of piperazine rings is 1. The van der Waals surface area contributed by atoms with Gasteiger partial charge in [0.1, 0.15) is 12.1 Å². The standard InChI is InChI=1S/C47H65N11O12/c48-27-33-25-32-26-38(32)58(33)41(61)28-50-46(68)35-10-11-49-45-34(35)5-4-6-36(45)51-39(59)7-2-1-3-12-52-17-23-57(24-18-52)40(60)9-8-37(47(69)70)56-21-19-54(30-43(64)65)15-13-53(29-42(62)63)14-16-55(20-22-56)31-44(66)67/h4-6,10-11,32-33,37-38H,1-3,7-9,12-26,28-31H2,(H,50,68)(H,51,59)(H,62,63)(H,64,65)(H,66,67)(H,69,70)/t32-,33+,37?,38+/m1/s1. The molecule has 6 rings (SSSR count). The number of rotatable bonds is 21. The molecule has 1 aliphatic carbocycles. The third kappa shape index (κ3) is 15.3. The number of nitrogens with one attached hydrogen (secondary N) is 2. The molecule has 6 N–H and O–H groups in total. The number of para-hydroxylation sites is 1. The van der Waals surface area contributed by atoms with Gasteiger partial charge in [-0.3, -0.25) is 67.8 Å². The van der Waals surface area contributed by atoms with E-state index in [0.29, 0.717) is 67.1 Å². The fraction of sp³-hybridized carbons (Fsp3) is 0.617. The van der Waals surface area contributed by atoms with E-state index in [1.165, 1.54) is 6.20 Å². The summed E-state index contributed by atoms with van der Waals surface area (Å²) in [6.07, 6.45) is 5.53. The minimum Gasteiger partial charge on any atom is -0.480 e. The van der Waals surface area contributed by atoms with E-state index in [1.807, 2.05) is 0 Å². The van der Waals surface area contributed by atoms with Crippen LogP contribution in [0.5, 0.6) is 0 Å². The maximum Gasteiger partial charge on any atom is 0.320 e. The smallest absolute Gasteiger partial charge is 0.320 e. The van der Waals surface area contributed by atoms with Crippen molar-refractivity contribution in [3.63, 3.8) is 0 Å². The molecule has 2 aromatic rings. The highest BCUT2D eigenvalue weighted by Crippen LogP contribution is 2.47. The normalized spacial score (nSPS) is 21.4. The number of hydrogen-bond donors (Lipinski definition) is 6. The van der Waals surface area contributed by atoms with Crippen molar-refractivity contribution < 1.29 is 58.8 Å². The number of aromatic nitrogens is 1. The zero-order chi connectivity index (χ0) is 50.3. The third-order valence-corrected chi connectivity index (χ3v) is 13.6. The first kappa shape index (κ1) is 53.0. The van der Waals surface area contributed by atoms with E-state index in [-0.39, 0.29) is 122 Å². The van der Waals surface area contributed by atoms with Gasteiger partial charge in [0, 0.05) is 109 Å². The average molecular weight is 976 g/mol. The lowest BCUT2D eigenvalue weighted by atomic mass is 10.1. The van der Waals surface area contributed by atoms with Gasteiger partial charge in [-0.25, -0.2) is 0 Å². The van der Waals surface area contributed by atoms with Crippen molar-refractivity contribution in [1.29, 1.82) is 5.26 Å². The number of carbonyl (C=O) groups excluding carboxylic acids is 4. The molecular formula is C47H65N11O12. The molecule has 1 unspecified atom stereocenters. The Hall–Kier alpha value is -6.32. The zero-order valence-electron chi connectivity index (χ0n) is 39.5. The highest BCUT2D eigenvalue weighted by Gasteiger charge is 2.54. The SMILES string of the molecule is N#C[C@@H]1C[C@@H]2C[C@@H]2N1C(=O)CNC(=O)c1ccnc2c(NC(=O)CCCCCN3CCN(C(=O)CCC(C(=O)O)N4CCN(CC(=O)O)CCN(CC(=O)O)CCN(CC(=O)O)CC4)CC3)cccc12. The fourth-order valence-corrected chi connectivity index (χ4v) is 9.77. The predicted molar refractivity (Wildman–Crippen MR) is 251 cm³/mol. The molecule has 3 saturated heterocycles. The van der Waals surface area contributed by atoms with Crippen molar-refractivity contribution in [2.75, 3.05) is 117 Å². The number of nitriles is 1. The lowest BCUT2D eigenvalue weighted by molar-refractivity contribution is -0.145. The van der Waals surface area contributed by atoms with Crippen LogP contribution in [0.4, 0.5) is 5.69 Å². The molecular weight excluding hydrogens is 911 g/mol. The molecule has 4 amide bonds. The van der Waals surface area contributed by atoms with E-state index >= 15 is 0 Å². The Bertz CT molecular complexity index is 2240. The zero-order valence-corrected chi connectivity index (χ0v) is 39.5. The van der Waals surface area contributed by atoms with Crippen molar-refractivity contribution in [2.24, 2.45) is 5.92 Å². The van der Waals surface area contributed by atoms with Crippen LogP contribution in [0.3, 0.4) is 0 Å². The minimum absolute atomic E-state index is 0.00381. The number of nitrogens with zero attached hydrogens (tertiary/aromatic N) is 9. The summed E-state index contributed by atoms with van der Waals surface area (Å²) in [6.45, 7) is 3.17. The van der Waals surface area contributed by atoms with Crippen molar-refractivity contribution in [3.05, 3.63) is 36.0 Å². The number of piperidine rings is 1. The van der Waals surface area contributed by atoms with Gasteiger partial charge in [-0.2, -0.15) is 5.26 Å². The number of carboxylic acid groups (broad SMARTS) is 4.